The molecule has 28 heavy (non-hydrogen) atoms. The van der Waals surface area contributed by atoms with Gasteiger partial charge in [-0.05, 0) is 42.7 Å². The zero-order valence-corrected chi connectivity index (χ0v) is 17.8. The van der Waals surface area contributed by atoms with Crippen LogP contribution in [0.15, 0.2) is 40.5 Å². The summed E-state index contributed by atoms with van der Waals surface area (Å²) in [4.78, 5) is 30.7. The number of benzene rings is 1. The van der Waals surface area contributed by atoms with Crippen molar-refractivity contribution < 1.29 is 14.3 Å². The lowest BCUT2D eigenvalue weighted by molar-refractivity contribution is -0.146. The number of aliphatic imine (C=N–C) groups is 1. The van der Waals surface area contributed by atoms with Crippen molar-refractivity contribution in [1.82, 2.24) is 0 Å². The van der Waals surface area contributed by atoms with Crippen molar-refractivity contribution in [1.29, 1.82) is 0 Å². The molecule has 1 aromatic carbocycles. The lowest BCUT2D eigenvalue weighted by Crippen LogP contribution is -2.39. The van der Waals surface area contributed by atoms with E-state index in [4.69, 9.17) is 9.73 Å². The Hall–Kier alpha value is -2.23. The molecule has 2 atom stereocenters. The Balaban J connectivity index is 2.14. The van der Waals surface area contributed by atoms with Gasteiger partial charge < -0.3 is 4.74 Å². The van der Waals surface area contributed by atoms with Crippen LogP contribution in [-0.2, 0) is 14.3 Å². The van der Waals surface area contributed by atoms with E-state index in [1.54, 1.807) is 6.92 Å². The van der Waals surface area contributed by atoms with E-state index in [1.807, 2.05) is 6.92 Å². The summed E-state index contributed by atoms with van der Waals surface area (Å²) in [7, 11) is 0. The van der Waals surface area contributed by atoms with Crippen molar-refractivity contribution in [2.75, 3.05) is 6.61 Å². The van der Waals surface area contributed by atoms with Crippen molar-refractivity contribution in [3.05, 3.63) is 46.7 Å². The van der Waals surface area contributed by atoms with Crippen LogP contribution >= 0.6 is 0 Å². The third-order valence-corrected chi connectivity index (χ3v) is 5.80. The first kappa shape index (κ1) is 20.5. The molecule has 0 bridgehead atoms. The molecule has 0 N–H and O–H groups in total. The largest absolute Gasteiger partial charge is 0.465 e. The number of ether oxygens (including phenoxy) is 1. The van der Waals surface area contributed by atoms with Crippen molar-refractivity contribution in [3.63, 3.8) is 0 Å². The third-order valence-electron chi connectivity index (χ3n) is 5.80. The Morgan fingerprint density at radius 1 is 1.21 bits per heavy atom. The van der Waals surface area contributed by atoms with E-state index in [1.165, 1.54) is 5.56 Å². The molecule has 3 rings (SSSR count). The van der Waals surface area contributed by atoms with Gasteiger partial charge in [-0.2, -0.15) is 0 Å². The number of allylic oxidation sites excluding steroid dienone is 2. The molecular weight excluding hydrogens is 350 g/mol. The highest BCUT2D eigenvalue weighted by atomic mass is 16.5. The van der Waals surface area contributed by atoms with Crippen molar-refractivity contribution in [2.24, 2.45) is 16.3 Å². The van der Waals surface area contributed by atoms with Gasteiger partial charge in [0.2, 0.25) is 0 Å². The Kier molecular flexibility index (Phi) is 5.60. The standard InChI is InChI=1S/C24H31NO3/c1-7-28-23(27)20-15(4)25-18-12-24(5,6)13-19(26)22(18)21(20)17-10-8-16(9-11-17)14(2)3/h8-11,14,20-21H,7,12-13H2,1-6H3/t20?,21-/m1/s1. The summed E-state index contributed by atoms with van der Waals surface area (Å²) in [6.45, 7) is 12.5. The molecule has 0 aromatic heterocycles. The monoisotopic (exact) mass is 381 g/mol. The molecule has 1 aliphatic heterocycles. The van der Waals surface area contributed by atoms with E-state index in [0.29, 0.717) is 24.5 Å². The van der Waals surface area contributed by atoms with Gasteiger partial charge in [-0.15, -0.1) is 0 Å². The molecule has 1 aromatic rings. The van der Waals surface area contributed by atoms with Gasteiger partial charge in [0.1, 0.15) is 5.92 Å². The van der Waals surface area contributed by atoms with Crippen molar-refractivity contribution in [2.45, 2.75) is 66.2 Å². The zero-order chi connectivity index (χ0) is 20.6. The molecule has 0 saturated heterocycles. The van der Waals surface area contributed by atoms with Gasteiger partial charge in [0.25, 0.3) is 0 Å². The SMILES string of the molecule is CCOC(=O)C1C(C)=NC2=C(C(=O)CC(C)(C)C2)[C@@H]1c1ccc(C(C)C)cc1. The van der Waals surface area contributed by atoms with Gasteiger partial charge >= 0.3 is 5.97 Å². The van der Waals surface area contributed by atoms with E-state index in [0.717, 1.165) is 23.4 Å². The maximum atomic E-state index is 13.2. The molecule has 2 aliphatic rings. The Labute approximate surface area is 168 Å². The minimum Gasteiger partial charge on any atom is -0.465 e. The predicted octanol–water partition coefficient (Wildman–Crippen LogP) is 5.19. The maximum Gasteiger partial charge on any atom is 0.315 e. The zero-order valence-electron chi connectivity index (χ0n) is 17.8. The molecule has 1 aliphatic carbocycles. The second-order valence-corrected chi connectivity index (χ2v) is 9.08. The summed E-state index contributed by atoms with van der Waals surface area (Å²) in [5.41, 5.74) is 4.40. The van der Waals surface area contributed by atoms with Gasteiger partial charge in [-0.25, -0.2) is 0 Å². The van der Waals surface area contributed by atoms with E-state index >= 15 is 0 Å². The van der Waals surface area contributed by atoms with Crippen LogP contribution in [0.3, 0.4) is 0 Å². The van der Waals surface area contributed by atoms with Gasteiger partial charge in [0.05, 0.1) is 6.61 Å². The summed E-state index contributed by atoms with van der Waals surface area (Å²) >= 11 is 0. The molecule has 0 amide bonds. The van der Waals surface area contributed by atoms with Crippen molar-refractivity contribution in [3.8, 4) is 0 Å². The first-order valence-electron chi connectivity index (χ1n) is 10.2. The number of ketones is 1. The molecule has 0 saturated carbocycles. The number of esters is 1. The number of carbonyl (C=O) groups excluding carboxylic acids is 2. The average molecular weight is 382 g/mol. The molecule has 150 valence electrons. The number of Topliss-reactive ketones (excluding diaryl/α,β-unsaturated/α-hetero) is 1. The summed E-state index contributed by atoms with van der Waals surface area (Å²) < 4.78 is 5.37. The summed E-state index contributed by atoms with van der Waals surface area (Å²) in [6, 6.07) is 8.31. The number of rotatable bonds is 4. The summed E-state index contributed by atoms with van der Waals surface area (Å²) in [5, 5.41) is 0. The number of hydrogen-bond acceptors (Lipinski definition) is 4. The van der Waals surface area contributed by atoms with E-state index < -0.39 is 5.92 Å². The lowest BCUT2D eigenvalue weighted by Gasteiger charge is -2.39. The fraction of sp³-hybridized carbons (Fsp3) is 0.542. The lowest BCUT2D eigenvalue weighted by atomic mass is 9.67. The van der Waals surface area contributed by atoms with Crippen LogP contribution in [0.4, 0.5) is 0 Å². The fourth-order valence-corrected chi connectivity index (χ4v) is 4.43. The molecular formula is C24H31NO3. The molecule has 0 fully saturated rings. The molecule has 0 spiro atoms. The second-order valence-electron chi connectivity index (χ2n) is 9.08. The second kappa shape index (κ2) is 7.65. The minimum absolute atomic E-state index is 0.106. The van der Waals surface area contributed by atoms with E-state index in [9.17, 15) is 9.59 Å². The van der Waals surface area contributed by atoms with Gasteiger partial charge in [-0.3, -0.25) is 14.6 Å². The number of hydrogen-bond donors (Lipinski definition) is 0. The number of nitrogens with zero attached hydrogens (tertiary/aromatic N) is 1. The van der Waals surface area contributed by atoms with E-state index in [2.05, 4.69) is 52.0 Å². The third kappa shape index (κ3) is 3.82. The average Bonchev–Trinajstić information content (AvgIpc) is 2.59. The quantitative estimate of drug-likeness (QED) is 0.674. The molecule has 1 heterocycles. The predicted molar refractivity (Wildman–Crippen MR) is 112 cm³/mol. The van der Waals surface area contributed by atoms with Crippen LogP contribution in [0, 0.1) is 11.3 Å². The van der Waals surface area contributed by atoms with Gasteiger partial charge in [-0.1, -0.05) is 52.0 Å². The fourth-order valence-electron chi connectivity index (χ4n) is 4.43. The van der Waals surface area contributed by atoms with Crippen molar-refractivity contribution >= 4 is 17.5 Å². The first-order valence-corrected chi connectivity index (χ1v) is 10.2. The van der Waals surface area contributed by atoms with Crippen LogP contribution < -0.4 is 0 Å². The van der Waals surface area contributed by atoms with Gasteiger partial charge in [0, 0.05) is 29.3 Å². The number of carbonyl (C=O) groups is 2. The van der Waals surface area contributed by atoms with Crippen LogP contribution in [0.5, 0.6) is 0 Å². The highest BCUT2D eigenvalue weighted by molar-refractivity contribution is 6.09. The van der Waals surface area contributed by atoms with Crippen LogP contribution in [-0.4, -0.2) is 24.1 Å². The minimum atomic E-state index is -0.547. The normalized spacial score (nSPS) is 24.1. The summed E-state index contributed by atoms with van der Waals surface area (Å²) in [6.07, 6.45) is 1.23. The maximum absolute atomic E-state index is 13.2. The first-order chi connectivity index (χ1) is 13.1. The molecule has 1 unspecified atom stereocenters. The summed E-state index contributed by atoms with van der Waals surface area (Å²) in [5.74, 6) is -0.637. The Morgan fingerprint density at radius 2 is 1.86 bits per heavy atom. The van der Waals surface area contributed by atoms with Crippen LogP contribution in [0.25, 0.3) is 0 Å². The smallest absolute Gasteiger partial charge is 0.315 e. The molecule has 4 heteroatoms. The topological polar surface area (TPSA) is 55.7 Å². The Bertz CT molecular complexity index is 843. The molecule has 0 radical (unpaired) electrons. The Morgan fingerprint density at radius 3 is 2.43 bits per heavy atom. The highest BCUT2D eigenvalue weighted by Gasteiger charge is 2.45. The van der Waals surface area contributed by atoms with E-state index in [-0.39, 0.29) is 23.1 Å². The van der Waals surface area contributed by atoms with Gasteiger partial charge in [0.15, 0.2) is 5.78 Å². The van der Waals surface area contributed by atoms with Crippen LogP contribution in [0.2, 0.25) is 0 Å². The molecule has 4 nitrogen and oxygen atoms in total. The highest BCUT2D eigenvalue weighted by Crippen LogP contribution is 2.48. The van der Waals surface area contributed by atoms with Crippen LogP contribution in [0.1, 0.15) is 77.3 Å².